The Bertz CT molecular complexity index is 701. The van der Waals surface area contributed by atoms with Crippen LogP contribution in [-0.4, -0.2) is 37.6 Å². The molecule has 24 heavy (non-hydrogen) atoms. The van der Waals surface area contributed by atoms with Gasteiger partial charge in [-0.15, -0.1) is 0 Å². The summed E-state index contributed by atoms with van der Waals surface area (Å²) in [5, 5.41) is 5.04. The molecule has 0 aliphatic rings. The number of amides is 2. The minimum Gasteiger partial charge on any atom is -0.496 e. The molecule has 1 heterocycles. The predicted molar refractivity (Wildman–Crippen MR) is 89.1 cm³/mol. The van der Waals surface area contributed by atoms with Gasteiger partial charge in [-0.1, -0.05) is 18.2 Å². The van der Waals surface area contributed by atoms with Crippen LogP contribution in [0.2, 0.25) is 0 Å². The number of anilines is 1. The number of rotatable bonds is 6. The molecule has 1 aromatic heterocycles. The van der Waals surface area contributed by atoms with Gasteiger partial charge in [0.2, 0.25) is 5.88 Å². The number of nitrogens with one attached hydrogen (secondary N) is 2. The van der Waals surface area contributed by atoms with Gasteiger partial charge in [0.05, 0.1) is 26.1 Å². The van der Waals surface area contributed by atoms with Gasteiger partial charge in [-0.25, -0.2) is 4.98 Å². The third-order valence-electron chi connectivity index (χ3n) is 3.28. The first-order valence-corrected chi connectivity index (χ1v) is 7.35. The number of ether oxygens (including phenoxy) is 2. The molecule has 2 N–H and O–H groups in total. The van der Waals surface area contributed by atoms with Gasteiger partial charge in [0.15, 0.2) is 0 Å². The normalized spacial score (nSPS) is 9.92. The second kappa shape index (κ2) is 8.52. The Morgan fingerprint density at radius 3 is 2.50 bits per heavy atom. The Morgan fingerprint density at radius 1 is 1.04 bits per heavy atom. The lowest BCUT2D eigenvalue weighted by Gasteiger charge is -2.09. The smallest absolute Gasteiger partial charge is 0.313 e. The van der Waals surface area contributed by atoms with Crippen LogP contribution in [0.15, 0.2) is 42.6 Å². The molecule has 7 heteroatoms. The molecule has 0 aliphatic heterocycles. The number of carbonyl (C=O) groups excluding carboxylic acids is 2. The third-order valence-corrected chi connectivity index (χ3v) is 3.28. The van der Waals surface area contributed by atoms with E-state index in [9.17, 15) is 9.59 Å². The van der Waals surface area contributed by atoms with Crippen LogP contribution in [-0.2, 0) is 16.0 Å². The van der Waals surface area contributed by atoms with Gasteiger partial charge in [0.25, 0.3) is 0 Å². The van der Waals surface area contributed by atoms with Gasteiger partial charge < -0.3 is 20.1 Å². The fourth-order valence-corrected chi connectivity index (χ4v) is 2.06. The van der Waals surface area contributed by atoms with E-state index in [1.54, 1.807) is 19.2 Å². The number of pyridine rings is 1. The zero-order chi connectivity index (χ0) is 17.4. The number of benzene rings is 1. The van der Waals surface area contributed by atoms with Crippen LogP contribution in [0.25, 0.3) is 0 Å². The first kappa shape index (κ1) is 17.3. The first-order chi connectivity index (χ1) is 11.6. The fourth-order valence-electron chi connectivity index (χ4n) is 2.06. The highest BCUT2D eigenvalue weighted by Gasteiger charge is 2.13. The Labute approximate surface area is 140 Å². The number of hydrogen-bond acceptors (Lipinski definition) is 5. The van der Waals surface area contributed by atoms with Crippen LogP contribution in [0.5, 0.6) is 11.6 Å². The maximum atomic E-state index is 11.8. The summed E-state index contributed by atoms with van der Waals surface area (Å²) in [5.74, 6) is -0.280. The second-order valence-corrected chi connectivity index (χ2v) is 4.86. The van der Waals surface area contributed by atoms with E-state index in [1.165, 1.54) is 13.3 Å². The molecule has 2 amide bonds. The Morgan fingerprint density at radius 2 is 1.83 bits per heavy atom. The monoisotopic (exact) mass is 329 g/mol. The summed E-state index contributed by atoms with van der Waals surface area (Å²) >= 11 is 0. The molecule has 2 rings (SSSR count). The van der Waals surface area contributed by atoms with E-state index in [4.69, 9.17) is 9.47 Å². The van der Waals surface area contributed by atoms with Crippen LogP contribution < -0.4 is 20.1 Å². The summed E-state index contributed by atoms with van der Waals surface area (Å²) in [4.78, 5) is 27.6. The average molecular weight is 329 g/mol. The molecule has 0 saturated heterocycles. The number of para-hydroxylation sites is 1. The standard InChI is InChI=1S/C17H19N3O4/c1-23-14-6-4-3-5-12(14)9-10-18-16(21)17(22)20-13-7-8-15(24-2)19-11-13/h3-8,11H,9-10H2,1-2H3,(H,18,21)(H,20,22). The maximum Gasteiger partial charge on any atom is 0.313 e. The molecular weight excluding hydrogens is 310 g/mol. The van der Waals surface area contributed by atoms with Crippen molar-refractivity contribution in [3.63, 3.8) is 0 Å². The molecule has 0 aliphatic carbocycles. The molecule has 0 saturated carbocycles. The largest absolute Gasteiger partial charge is 0.496 e. The van der Waals surface area contributed by atoms with Gasteiger partial charge >= 0.3 is 11.8 Å². The lowest BCUT2D eigenvalue weighted by molar-refractivity contribution is -0.136. The molecule has 0 unspecified atom stereocenters. The molecule has 0 atom stereocenters. The molecule has 7 nitrogen and oxygen atoms in total. The SMILES string of the molecule is COc1ccc(NC(=O)C(=O)NCCc2ccccc2OC)cn1. The highest BCUT2D eigenvalue weighted by atomic mass is 16.5. The van der Waals surface area contributed by atoms with Gasteiger partial charge in [0.1, 0.15) is 5.75 Å². The number of hydrogen-bond donors (Lipinski definition) is 2. The highest BCUT2D eigenvalue weighted by molar-refractivity contribution is 6.39. The van der Waals surface area contributed by atoms with Gasteiger partial charge in [-0.3, -0.25) is 9.59 Å². The van der Waals surface area contributed by atoms with Gasteiger partial charge in [-0.2, -0.15) is 0 Å². The van der Waals surface area contributed by atoms with Crippen molar-refractivity contribution >= 4 is 17.5 Å². The topological polar surface area (TPSA) is 89.5 Å². The lowest BCUT2D eigenvalue weighted by Crippen LogP contribution is -2.36. The molecule has 0 radical (unpaired) electrons. The summed E-state index contributed by atoms with van der Waals surface area (Å²) in [6, 6.07) is 10.7. The Balaban J connectivity index is 1.82. The molecule has 126 valence electrons. The number of carbonyl (C=O) groups is 2. The molecule has 1 aromatic carbocycles. The van der Waals surface area contributed by atoms with Crippen molar-refractivity contribution in [3.8, 4) is 11.6 Å². The van der Waals surface area contributed by atoms with E-state index < -0.39 is 11.8 Å². The molecule has 0 fully saturated rings. The van der Waals surface area contributed by atoms with E-state index in [1.807, 2.05) is 24.3 Å². The summed E-state index contributed by atoms with van der Waals surface area (Å²) in [6.07, 6.45) is 1.98. The van der Waals surface area contributed by atoms with Crippen LogP contribution >= 0.6 is 0 Å². The summed E-state index contributed by atoms with van der Waals surface area (Å²) < 4.78 is 10.2. The highest BCUT2D eigenvalue weighted by Crippen LogP contribution is 2.17. The second-order valence-electron chi connectivity index (χ2n) is 4.86. The number of aromatic nitrogens is 1. The van der Waals surface area contributed by atoms with E-state index in [-0.39, 0.29) is 0 Å². The van der Waals surface area contributed by atoms with E-state index in [0.717, 1.165) is 11.3 Å². The Kier molecular flexibility index (Phi) is 6.13. The summed E-state index contributed by atoms with van der Waals surface area (Å²) in [6.45, 7) is 0.327. The molecule has 0 spiro atoms. The molecule has 0 bridgehead atoms. The van der Waals surface area contributed by atoms with Crippen LogP contribution in [0.4, 0.5) is 5.69 Å². The first-order valence-electron chi connectivity index (χ1n) is 7.35. The van der Waals surface area contributed by atoms with Crippen molar-refractivity contribution < 1.29 is 19.1 Å². The number of methoxy groups -OCH3 is 2. The van der Waals surface area contributed by atoms with Crippen molar-refractivity contribution in [2.24, 2.45) is 0 Å². The molecular formula is C17H19N3O4. The van der Waals surface area contributed by atoms with Crippen molar-refractivity contribution in [3.05, 3.63) is 48.2 Å². The lowest BCUT2D eigenvalue weighted by atomic mass is 10.1. The minimum atomic E-state index is -0.748. The maximum absolute atomic E-state index is 11.8. The summed E-state index contributed by atoms with van der Waals surface area (Å²) in [7, 11) is 3.09. The van der Waals surface area contributed by atoms with Gasteiger partial charge in [0, 0.05) is 12.6 Å². The van der Waals surface area contributed by atoms with E-state index in [2.05, 4.69) is 15.6 Å². The quantitative estimate of drug-likeness (QED) is 0.782. The van der Waals surface area contributed by atoms with E-state index in [0.29, 0.717) is 24.5 Å². The van der Waals surface area contributed by atoms with Crippen molar-refractivity contribution in [1.29, 1.82) is 0 Å². The van der Waals surface area contributed by atoms with E-state index >= 15 is 0 Å². The van der Waals surface area contributed by atoms with Crippen LogP contribution in [0.1, 0.15) is 5.56 Å². The van der Waals surface area contributed by atoms with Crippen molar-refractivity contribution in [2.75, 3.05) is 26.1 Å². The Hall–Kier alpha value is -3.09. The van der Waals surface area contributed by atoms with Gasteiger partial charge in [-0.05, 0) is 24.1 Å². The zero-order valence-electron chi connectivity index (χ0n) is 13.5. The number of nitrogens with zero attached hydrogens (tertiary/aromatic N) is 1. The minimum absolute atomic E-state index is 0.327. The average Bonchev–Trinajstić information content (AvgIpc) is 2.62. The molecule has 2 aromatic rings. The third kappa shape index (κ3) is 4.70. The van der Waals surface area contributed by atoms with Crippen LogP contribution in [0, 0.1) is 0 Å². The van der Waals surface area contributed by atoms with Crippen molar-refractivity contribution in [2.45, 2.75) is 6.42 Å². The fraction of sp³-hybridized carbons (Fsp3) is 0.235. The van der Waals surface area contributed by atoms with Crippen molar-refractivity contribution in [1.82, 2.24) is 10.3 Å². The van der Waals surface area contributed by atoms with Crippen LogP contribution in [0.3, 0.4) is 0 Å². The predicted octanol–water partition coefficient (Wildman–Crippen LogP) is 1.40. The zero-order valence-corrected chi connectivity index (χ0v) is 13.5. The summed E-state index contributed by atoms with van der Waals surface area (Å²) in [5.41, 5.74) is 1.38.